The van der Waals surface area contributed by atoms with Gasteiger partial charge in [-0.25, -0.2) is 0 Å². The summed E-state index contributed by atoms with van der Waals surface area (Å²) in [5.41, 5.74) is 2.08. The standard InChI is InChI=1S/C22H30N2O4/c1-15(2)11-20(25)24-10-6-9-22(14-24,21(26)27)13-17-12-19(23-28-17)18-8-5-4-7-16(18)3/h4-5,7-8,15,17H,6,9-14H2,1-3H3,(H,26,27). The van der Waals surface area contributed by atoms with Crippen LogP contribution in [0.25, 0.3) is 0 Å². The van der Waals surface area contributed by atoms with Gasteiger partial charge in [-0.2, -0.15) is 0 Å². The van der Waals surface area contributed by atoms with Gasteiger partial charge in [-0.3, -0.25) is 9.59 Å². The maximum Gasteiger partial charge on any atom is 0.311 e. The minimum atomic E-state index is -0.966. The third-order valence-corrected chi connectivity index (χ3v) is 5.77. The molecule has 2 aliphatic rings. The van der Waals surface area contributed by atoms with Crippen molar-refractivity contribution in [2.24, 2.45) is 16.5 Å². The number of aryl methyl sites for hydroxylation is 1. The van der Waals surface area contributed by atoms with Gasteiger partial charge >= 0.3 is 5.97 Å². The minimum Gasteiger partial charge on any atom is -0.481 e. The van der Waals surface area contributed by atoms with Gasteiger partial charge in [0.25, 0.3) is 0 Å². The van der Waals surface area contributed by atoms with Crippen LogP contribution in [0, 0.1) is 18.3 Å². The van der Waals surface area contributed by atoms with Crippen LogP contribution in [-0.2, 0) is 14.4 Å². The summed E-state index contributed by atoms with van der Waals surface area (Å²) in [6.45, 7) is 6.93. The molecule has 1 saturated heterocycles. The first kappa shape index (κ1) is 20.4. The van der Waals surface area contributed by atoms with Crippen LogP contribution in [0.5, 0.6) is 0 Å². The molecule has 2 atom stereocenters. The Bertz CT molecular complexity index is 774. The molecular weight excluding hydrogens is 356 g/mol. The number of hydrogen-bond acceptors (Lipinski definition) is 4. The molecule has 1 aromatic carbocycles. The lowest BCUT2D eigenvalue weighted by molar-refractivity contribution is -0.158. The molecule has 1 fully saturated rings. The highest BCUT2D eigenvalue weighted by atomic mass is 16.6. The fourth-order valence-corrected chi connectivity index (χ4v) is 4.28. The van der Waals surface area contributed by atoms with E-state index in [4.69, 9.17) is 4.84 Å². The van der Waals surface area contributed by atoms with Crippen molar-refractivity contribution in [3.63, 3.8) is 0 Å². The molecule has 0 bridgehead atoms. The van der Waals surface area contributed by atoms with Crippen LogP contribution in [0.15, 0.2) is 29.4 Å². The van der Waals surface area contributed by atoms with Gasteiger partial charge in [-0.15, -0.1) is 0 Å². The van der Waals surface area contributed by atoms with Crippen LogP contribution in [-0.4, -0.2) is 46.8 Å². The first-order chi connectivity index (χ1) is 13.3. The molecule has 1 aromatic rings. The summed E-state index contributed by atoms with van der Waals surface area (Å²) >= 11 is 0. The van der Waals surface area contributed by atoms with Crippen LogP contribution in [0.4, 0.5) is 0 Å². The summed E-state index contributed by atoms with van der Waals surface area (Å²) in [7, 11) is 0. The number of oxime groups is 1. The molecule has 28 heavy (non-hydrogen) atoms. The molecule has 152 valence electrons. The van der Waals surface area contributed by atoms with E-state index in [1.165, 1.54) is 0 Å². The number of rotatable bonds is 6. The maximum absolute atomic E-state index is 12.5. The van der Waals surface area contributed by atoms with E-state index in [0.29, 0.717) is 38.6 Å². The number of piperidine rings is 1. The molecule has 2 unspecified atom stereocenters. The normalized spacial score (nSPS) is 24.8. The summed E-state index contributed by atoms with van der Waals surface area (Å²) in [5.74, 6) is -0.538. The molecule has 6 nitrogen and oxygen atoms in total. The second-order valence-corrected chi connectivity index (χ2v) is 8.59. The fraction of sp³-hybridized carbons (Fsp3) is 0.591. The first-order valence-electron chi connectivity index (χ1n) is 10.1. The van der Waals surface area contributed by atoms with Gasteiger partial charge in [0.15, 0.2) is 0 Å². The third kappa shape index (κ3) is 4.37. The van der Waals surface area contributed by atoms with E-state index in [1.54, 1.807) is 4.90 Å². The second-order valence-electron chi connectivity index (χ2n) is 8.59. The zero-order valence-electron chi connectivity index (χ0n) is 17.0. The topological polar surface area (TPSA) is 79.2 Å². The number of carbonyl (C=O) groups excluding carboxylic acids is 1. The fourth-order valence-electron chi connectivity index (χ4n) is 4.28. The Morgan fingerprint density at radius 3 is 2.79 bits per heavy atom. The molecule has 0 saturated carbocycles. The highest BCUT2D eigenvalue weighted by Gasteiger charge is 2.46. The smallest absolute Gasteiger partial charge is 0.311 e. The van der Waals surface area contributed by atoms with E-state index in [1.807, 2.05) is 45.0 Å². The van der Waals surface area contributed by atoms with Crippen molar-refractivity contribution in [3.8, 4) is 0 Å². The number of hydrogen-bond donors (Lipinski definition) is 1. The number of aliphatic carboxylic acids is 1. The third-order valence-electron chi connectivity index (χ3n) is 5.77. The zero-order chi connectivity index (χ0) is 20.3. The largest absolute Gasteiger partial charge is 0.481 e. The molecule has 6 heteroatoms. The van der Waals surface area contributed by atoms with Crippen molar-refractivity contribution in [1.82, 2.24) is 4.90 Å². The average Bonchev–Trinajstić information content (AvgIpc) is 3.09. The predicted octanol–water partition coefficient (Wildman–Crippen LogP) is 3.62. The number of nitrogens with zero attached hydrogens (tertiary/aromatic N) is 2. The zero-order valence-corrected chi connectivity index (χ0v) is 17.0. The Morgan fingerprint density at radius 1 is 1.36 bits per heavy atom. The van der Waals surface area contributed by atoms with Crippen molar-refractivity contribution in [2.45, 2.75) is 59.0 Å². The molecule has 0 radical (unpaired) electrons. The average molecular weight is 386 g/mol. The van der Waals surface area contributed by atoms with Crippen LogP contribution in [0.1, 0.15) is 57.1 Å². The number of benzene rings is 1. The lowest BCUT2D eigenvalue weighted by Crippen LogP contribution is -2.51. The van der Waals surface area contributed by atoms with Gasteiger partial charge in [0.2, 0.25) is 5.91 Å². The van der Waals surface area contributed by atoms with Crippen LogP contribution in [0.2, 0.25) is 0 Å². The molecule has 1 N–H and O–H groups in total. The van der Waals surface area contributed by atoms with Crippen molar-refractivity contribution in [2.75, 3.05) is 13.1 Å². The van der Waals surface area contributed by atoms with Gasteiger partial charge in [-0.05, 0) is 31.2 Å². The van der Waals surface area contributed by atoms with E-state index in [9.17, 15) is 14.7 Å². The van der Waals surface area contributed by atoms with Gasteiger partial charge < -0.3 is 14.8 Å². The van der Waals surface area contributed by atoms with E-state index in [2.05, 4.69) is 5.16 Å². The minimum absolute atomic E-state index is 0.0458. The van der Waals surface area contributed by atoms with Gasteiger partial charge in [0.1, 0.15) is 6.10 Å². The van der Waals surface area contributed by atoms with Crippen LogP contribution in [0.3, 0.4) is 0 Å². The number of carboxylic acids is 1. The highest BCUT2D eigenvalue weighted by Crippen LogP contribution is 2.38. The summed E-state index contributed by atoms with van der Waals surface area (Å²) in [6.07, 6.45) is 2.41. The number of carboxylic acid groups (broad SMARTS) is 1. The van der Waals surface area contributed by atoms with E-state index in [0.717, 1.165) is 16.8 Å². The molecule has 0 aliphatic carbocycles. The maximum atomic E-state index is 12.5. The number of carbonyl (C=O) groups is 2. The van der Waals surface area contributed by atoms with Crippen molar-refractivity contribution >= 4 is 17.6 Å². The van der Waals surface area contributed by atoms with Crippen molar-refractivity contribution in [3.05, 3.63) is 35.4 Å². The lowest BCUT2D eigenvalue weighted by atomic mass is 9.74. The van der Waals surface area contributed by atoms with Gasteiger partial charge in [0.05, 0.1) is 11.1 Å². The Hall–Kier alpha value is -2.37. The summed E-state index contributed by atoms with van der Waals surface area (Å²) in [4.78, 5) is 32.1. The second kappa shape index (κ2) is 8.33. The van der Waals surface area contributed by atoms with Crippen molar-refractivity contribution in [1.29, 1.82) is 0 Å². The first-order valence-corrected chi connectivity index (χ1v) is 10.1. The van der Waals surface area contributed by atoms with E-state index >= 15 is 0 Å². The lowest BCUT2D eigenvalue weighted by Gasteiger charge is -2.41. The Balaban J connectivity index is 1.69. The number of likely N-dealkylation sites (tertiary alicyclic amines) is 1. The Kier molecular flexibility index (Phi) is 6.06. The molecular formula is C22H30N2O4. The Labute approximate surface area is 166 Å². The Morgan fingerprint density at radius 2 is 2.11 bits per heavy atom. The van der Waals surface area contributed by atoms with Crippen LogP contribution >= 0.6 is 0 Å². The molecule has 1 amide bonds. The molecule has 0 spiro atoms. The molecule has 2 aliphatic heterocycles. The van der Waals surface area contributed by atoms with Gasteiger partial charge in [0, 0.05) is 37.9 Å². The van der Waals surface area contributed by atoms with E-state index < -0.39 is 11.4 Å². The SMILES string of the molecule is Cc1ccccc1C1=NOC(CC2(C(=O)O)CCCN(C(=O)CC(C)C)C2)C1. The van der Waals surface area contributed by atoms with Crippen LogP contribution < -0.4 is 0 Å². The molecule has 2 heterocycles. The molecule has 3 rings (SSSR count). The predicted molar refractivity (Wildman–Crippen MR) is 107 cm³/mol. The highest BCUT2D eigenvalue weighted by molar-refractivity contribution is 6.02. The molecule has 0 aromatic heterocycles. The van der Waals surface area contributed by atoms with Gasteiger partial charge in [-0.1, -0.05) is 43.3 Å². The summed E-state index contributed by atoms with van der Waals surface area (Å²) < 4.78 is 0. The summed E-state index contributed by atoms with van der Waals surface area (Å²) in [6, 6.07) is 8.00. The van der Waals surface area contributed by atoms with Crippen molar-refractivity contribution < 1.29 is 19.5 Å². The number of amides is 1. The quantitative estimate of drug-likeness (QED) is 0.810. The monoisotopic (exact) mass is 386 g/mol. The van der Waals surface area contributed by atoms with E-state index in [-0.39, 0.29) is 24.5 Å². The summed E-state index contributed by atoms with van der Waals surface area (Å²) in [5, 5.41) is 14.3.